The van der Waals surface area contributed by atoms with Crippen LogP contribution in [0.5, 0.6) is 0 Å². The van der Waals surface area contributed by atoms with Gasteiger partial charge in [-0.25, -0.2) is 9.59 Å². The van der Waals surface area contributed by atoms with E-state index >= 15 is 0 Å². The predicted molar refractivity (Wildman–Crippen MR) is 122 cm³/mol. The van der Waals surface area contributed by atoms with Crippen molar-refractivity contribution in [1.82, 2.24) is 4.90 Å². The van der Waals surface area contributed by atoms with Gasteiger partial charge in [-0.1, -0.05) is 50.2 Å². The molecule has 4 N–H and O–H groups in total. The number of nitrogens with zero attached hydrogens (tertiary/aromatic N) is 2. The molecule has 1 aliphatic heterocycles. The fraction of sp³-hybridized carbons (Fsp3) is 0.417. The van der Waals surface area contributed by atoms with E-state index < -0.39 is 24.1 Å². The first kappa shape index (κ1) is 25.3. The van der Waals surface area contributed by atoms with Crippen molar-refractivity contribution in [3.63, 3.8) is 0 Å². The fourth-order valence-corrected chi connectivity index (χ4v) is 3.81. The van der Waals surface area contributed by atoms with E-state index in [0.717, 1.165) is 19.5 Å². The molecule has 0 fully saturated rings. The Labute approximate surface area is 188 Å². The number of aliphatic hydroxyl groups excluding tert-OH is 2. The summed E-state index contributed by atoms with van der Waals surface area (Å²) in [6, 6.07) is 17.7. The zero-order chi connectivity index (χ0) is 24.1. The lowest BCUT2D eigenvalue weighted by Gasteiger charge is -2.42. The van der Waals surface area contributed by atoms with E-state index in [1.165, 1.54) is 22.5 Å². The summed E-state index contributed by atoms with van der Waals surface area (Å²) in [5.74, 6) is -3.54. The molecule has 2 atom stereocenters. The normalized spacial score (nSPS) is 15.7. The average molecular weight is 445 g/mol. The number of fused-ring (bicyclic) bond motifs is 2. The second-order valence-electron chi connectivity index (χ2n) is 8.53. The topological polar surface area (TPSA) is 122 Å². The third-order valence-electron chi connectivity index (χ3n) is 5.53. The molecule has 0 saturated carbocycles. The van der Waals surface area contributed by atoms with Gasteiger partial charge in [-0.3, -0.25) is 0 Å². The minimum atomic E-state index is -2.27. The van der Waals surface area contributed by atoms with Crippen molar-refractivity contribution in [3.8, 4) is 0 Å². The van der Waals surface area contributed by atoms with Crippen molar-refractivity contribution in [1.29, 1.82) is 0 Å². The van der Waals surface area contributed by atoms with Crippen LogP contribution in [-0.2, 0) is 15.0 Å². The van der Waals surface area contributed by atoms with Crippen LogP contribution in [0.2, 0.25) is 0 Å². The van der Waals surface area contributed by atoms with Crippen molar-refractivity contribution in [3.05, 3.63) is 59.7 Å². The highest BCUT2D eigenvalue weighted by atomic mass is 16.4. The fourth-order valence-electron chi connectivity index (χ4n) is 3.81. The van der Waals surface area contributed by atoms with Gasteiger partial charge < -0.3 is 30.2 Å². The summed E-state index contributed by atoms with van der Waals surface area (Å²) in [6.07, 6.45) is -3.37. The second-order valence-corrected chi connectivity index (χ2v) is 8.53. The van der Waals surface area contributed by atoms with E-state index in [4.69, 9.17) is 20.4 Å². The molecule has 1 aliphatic rings. The van der Waals surface area contributed by atoms with E-state index in [1.54, 1.807) is 0 Å². The first-order valence-corrected chi connectivity index (χ1v) is 10.4. The lowest BCUT2D eigenvalue weighted by atomic mass is 9.73. The molecule has 0 saturated heterocycles. The van der Waals surface area contributed by atoms with Crippen LogP contribution in [0.4, 0.5) is 11.4 Å². The molecule has 0 aliphatic carbocycles. The molecule has 0 radical (unpaired) electrons. The van der Waals surface area contributed by atoms with E-state index in [0.29, 0.717) is 0 Å². The Morgan fingerprint density at radius 1 is 0.875 bits per heavy atom. The Morgan fingerprint density at radius 2 is 1.28 bits per heavy atom. The Balaban J connectivity index is 0.000000309. The van der Waals surface area contributed by atoms with Crippen molar-refractivity contribution in [2.45, 2.75) is 37.9 Å². The molecule has 0 amide bonds. The largest absolute Gasteiger partial charge is 0.479 e. The quantitative estimate of drug-likeness (QED) is 0.513. The maximum absolute atomic E-state index is 9.77. The smallest absolute Gasteiger partial charge is 0.335 e. The Hall–Kier alpha value is -2.94. The minimum Gasteiger partial charge on any atom is -0.479 e. The highest BCUT2D eigenvalue weighted by Gasteiger charge is 2.35. The van der Waals surface area contributed by atoms with Crippen LogP contribution in [0, 0.1) is 0 Å². The van der Waals surface area contributed by atoms with Crippen molar-refractivity contribution >= 4 is 23.3 Å². The molecule has 1 heterocycles. The van der Waals surface area contributed by atoms with Crippen LogP contribution in [0.3, 0.4) is 0 Å². The molecule has 0 bridgehead atoms. The van der Waals surface area contributed by atoms with Gasteiger partial charge in [-0.2, -0.15) is 0 Å². The SMILES string of the molecule is CN(C)CCCN1c2ccccc2C(C)(C)c2ccccc21.O=C(O)[C@@H](O)[C@@H](O)C(=O)O. The molecule has 2 aromatic carbocycles. The zero-order valence-corrected chi connectivity index (χ0v) is 18.9. The maximum Gasteiger partial charge on any atom is 0.335 e. The summed E-state index contributed by atoms with van der Waals surface area (Å²) in [7, 11) is 4.28. The number of aliphatic carboxylic acids is 2. The molecule has 174 valence electrons. The van der Waals surface area contributed by atoms with E-state index in [2.05, 4.69) is 86.3 Å². The first-order valence-electron chi connectivity index (χ1n) is 10.4. The highest BCUT2D eigenvalue weighted by molar-refractivity contribution is 5.83. The summed E-state index contributed by atoms with van der Waals surface area (Å²) >= 11 is 0. The van der Waals surface area contributed by atoms with Gasteiger partial charge in [0.15, 0.2) is 12.2 Å². The summed E-state index contributed by atoms with van der Waals surface area (Å²) in [5.41, 5.74) is 5.65. The Bertz CT molecular complexity index is 876. The van der Waals surface area contributed by atoms with Gasteiger partial charge in [-0.15, -0.1) is 0 Å². The number of rotatable bonds is 7. The van der Waals surface area contributed by atoms with E-state index in [9.17, 15) is 9.59 Å². The average Bonchev–Trinajstić information content (AvgIpc) is 2.75. The number of anilines is 2. The van der Waals surface area contributed by atoms with Gasteiger partial charge in [0.25, 0.3) is 0 Å². The van der Waals surface area contributed by atoms with Gasteiger partial charge >= 0.3 is 11.9 Å². The van der Waals surface area contributed by atoms with E-state index in [-0.39, 0.29) is 5.41 Å². The molecular formula is C24H32N2O6. The predicted octanol–water partition coefficient (Wildman–Crippen LogP) is 2.29. The molecule has 8 nitrogen and oxygen atoms in total. The van der Waals surface area contributed by atoms with Crippen molar-refractivity contribution in [2.75, 3.05) is 32.1 Å². The van der Waals surface area contributed by atoms with Gasteiger partial charge in [0.05, 0.1) is 0 Å². The summed E-state index contributed by atoms with van der Waals surface area (Å²) in [4.78, 5) is 24.3. The third-order valence-corrected chi connectivity index (χ3v) is 5.53. The number of carboxylic acid groups (broad SMARTS) is 2. The number of aliphatic hydroxyl groups is 2. The molecular weight excluding hydrogens is 412 g/mol. The number of hydrogen-bond acceptors (Lipinski definition) is 6. The highest BCUT2D eigenvalue weighted by Crippen LogP contribution is 2.48. The lowest BCUT2D eigenvalue weighted by molar-refractivity contribution is -0.165. The molecule has 0 aromatic heterocycles. The van der Waals surface area contributed by atoms with Gasteiger partial charge in [-0.05, 0) is 50.3 Å². The first-order chi connectivity index (χ1) is 15.0. The van der Waals surface area contributed by atoms with Crippen LogP contribution in [0.25, 0.3) is 0 Å². The Kier molecular flexibility index (Phi) is 8.38. The maximum atomic E-state index is 9.77. The van der Waals surface area contributed by atoms with Crippen LogP contribution < -0.4 is 4.90 Å². The summed E-state index contributed by atoms with van der Waals surface area (Å²) in [5, 5.41) is 32.5. The molecule has 32 heavy (non-hydrogen) atoms. The third kappa shape index (κ3) is 5.64. The minimum absolute atomic E-state index is 0.0607. The molecule has 3 rings (SSSR count). The van der Waals surface area contributed by atoms with Gasteiger partial charge in [0, 0.05) is 23.3 Å². The van der Waals surface area contributed by atoms with Crippen LogP contribution in [0.15, 0.2) is 48.5 Å². The van der Waals surface area contributed by atoms with Crippen LogP contribution in [0.1, 0.15) is 31.4 Å². The Morgan fingerprint density at radius 3 is 1.66 bits per heavy atom. The molecule has 2 aromatic rings. The van der Waals surface area contributed by atoms with Crippen LogP contribution >= 0.6 is 0 Å². The summed E-state index contributed by atoms with van der Waals surface area (Å²) < 4.78 is 0. The number of benzene rings is 2. The number of carbonyl (C=O) groups is 2. The standard InChI is InChI=1S/C20H26N2.C4H6O6/c1-20(2)16-10-5-7-12-18(16)22(15-9-14-21(3)4)19-13-8-6-11-17(19)20;5-1(3(7)8)2(6)4(9)10/h5-8,10-13H,9,14-15H2,1-4H3;1-2,5-6H,(H,7,8)(H,9,10)/t;1-,2+. The molecule has 0 spiro atoms. The lowest BCUT2D eigenvalue weighted by Crippen LogP contribution is -2.39. The van der Waals surface area contributed by atoms with Crippen LogP contribution in [-0.4, -0.2) is 76.7 Å². The van der Waals surface area contributed by atoms with Crippen molar-refractivity contribution < 1.29 is 30.0 Å². The van der Waals surface area contributed by atoms with Gasteiger partial charge in [0.1, 0.15) is 0 Å². The molecule has 8 heteroatoms. The second kappa shape index (κ2) is 10.6. The molecule has 0 unspecified atom stereocenters. The number of hydrogen-bond donors (Lipinski definition) is 4. The number of para-hydroxylation sites is 2. The summed E-state index contributed by atoms with van der Waals surface area (Å²) in [6.45, 7) is 6.84. The monoisotopic (exact) mass is 444 g/mol. The van der Waals surface area contributed by atoms with E-state index in [1.807, 2.05) is 0 Å². The number of carboxylic acids is 2. The van der Waals surface area contributed by atoms with Gasteiger partial charge in [0.2, 0.25) is 0 Å². The van der Waals surface area contributed by atoms with Crippen molar-refractivity contribution in [2.24, 2.45) is 0 Å². The zero-order valence-electron chi connectivity index (χ0n) is 18.9.